The molecule has 3 N–H and O–H groups in total. The second-order valence-electron chi connectivity index (χ2n) is 2.93. The molecule has 0 atom stereocenters. The topological polar surface area (TPSA) is 67.5 Å². The fourth-order valence-corrected chi connectivity index (χ4v) is 1.71. The van der Waals surface area contributed by atoms with E-state index in [1.807, 2.05) is 5.43 Å². The Hall–Kier alpha value is -1.32. The lowest BCUT2D eigenvalue weighted by Crippen LogP contribution is -2.24. The van der Waals surface area contributed by atoms with Crippen LogP contribution in [0.15, 0.2) is 23.3 Å². The van der Waals surface area contributed by atoms with Crippen LogP contribution in [-0.2, 0) is 6.18 Å². The van der Waals surface area contributed by atoms with Gasteiger partial charge in [-0.1, -0.05) is 6.07 Å². The fraction of sp³-hybridized carbons (Fsp3) is 0.111. The van der Waals surface area contributed by atoms with Gasteiger partial charge in [0.1, 0.15) is 0 Å². The maximum Gasteiger partial charge on any atom is 0.417 e. The predicted octanol–water partition coefficient (Wildman–Crippen LogP) is 2.31. The van der Waals surface area contributed by atoms with Crippen LogP contribution in [0.4, 0.5) is 18.0 Å². The van der Waals surface area contributed by atoms with Crippen molar-refractivity contribution < 1.29 is 18.0 Å². The number of nitrogens with two attached hydrogens (primary N) is 1. The number of hydrogen-bond donors (Lipinski definition) is 2. The third-order valence-corrected chi connectivity index (χ3v) is 2.67. The summed E-state index contributed by atoms with van der Waals surface area (Å²) < 4.78 is 38.3. The quantitative estimate of drug-likeness (QED) is 0.476. The van der Waals surface area contributed by atoms with Crippen molar-refractivity contribution in [2.24, 2.45) is 10.8 Å². The number of rotatable bonds is 2. The number of nitrogens with one attached hydrogen (secondary N) is 1. The minimum absolute atomic E-state index is 0.116. The summed E-state index contributed by atoms with van der Waals surface area (Å²) in [5.41, 5.74) is 5.63. The number of carbonyl (C=O) groups is 1. The predicted molar refractivity (Wildman–Crippen MR) is 64.5 cm³/mol. The van der Waals surface area contributed by atoms with E-state index in [1.54, 1.807) is 22.6 Å². The van der Waals surface area contributed by atoms with E-state index in [-0.39, 0.29) is 5.56 Å². The van der Waals surface area contributed by atoms with Gasteiger partial charge in [0.05, 0.1) is 11.8 Å². The first-order valence-corrected chi connectivity index (χ1v) is 5.34. The highest BCUT2D eigenvalue weighted by atomic mass is 127. The van der Waals surface area contributed by atoms with Crippen LogP contribution in [0, 0.1) is 3.57 Å². The molecule has 1 aromatic carbocycles. The van der Waals surface area contributed by atoms with Gasteiger partial charge in [-0.2, -0.15) is 18.3 Å². The zero-order valence-corrected chi connectivity index (χ0v) is 10.4. The fourth-order valence-electron chi connectivity index (χ4n) is 1.08. The summed E-state index contributed by atoms with van der Waals surface area (Å²) >= 11 is 1.75. The number of primary amides is 1. The molecule has 0 saturated carbocycles. The molecule has 0 saturated heterocycles. The molecule has 2 amide bonds. The smallest absolute Gasteiger partial charge is 0.350 e. The van der Waals surface area contributed by atoms with E-state index in [9.17, 15) is 18.0 Å². The first-order chi connectivity index (χ1) is 7.82. The van der Waals surface area contributed by atoms with Crippen molar-refractivity contribution >= 4 is 34.8 Å². The second-order valence-corrected chi connectivity index (χ2v) is 4.10. The normalized spacial score (nSPS) is 11.8. The average Bonchev–Trinajstić information content (AvgIpc) is 2.18. The molecule has 0 spiro atoms. The summed E-state index contributed by atoms with van der Waals surface area (Å²) in [5, 5.41) is 3.32. The number of nitrogens with zero attached hydrogens (tertiary/aromatic N) is 1. The molecule has 8 heteroatoms. The lowest BCUT2D eigenvalue weighted by atomic mass is 10.1. The van der Waals surface area contributed by atoms with Crippen molar-refractivity contribution in [1.29, 1.82) is 0 Å². The molecule has 0 aliphatic carbocycles. The van der Waals surface area contributed by atoms with E-state index in [4.69, 9.17) is 5.73 Å². The number of halogens is 4. The Morgan fingerprint density at radius 3 is 2.65 bits per heavy atom. The Bertz CT molecular complexity index is 459. The molecule has 1 rings (SSSR count). The summed E-state index contributed by atoms with van der Waals surface area (Å²) in [6.07, 6.45) is -3.56. The van der Waals surface area contributed by atoms with Gasteiger partial charge in [0, 0.05) is 9.13 Å². The van der Waals surface area contributed by atoms with Crippen molar-refractivity contribution in [3.05, 3.63) is 32.9 Å². The first-order valence-electron chi connectivity index (χ1n) is 4.26. The van der Waals surface area contributed by atoms with E-state index in [0.29, 0.717) is 3.57 Å². The van der Waals surface area contributed by atoms with Crippen molar-refractivity contribution in [2.45, 2.75) is 6.18 Å². The highest BCUT2D eigenvalue weighted by Gasteiger charge is 2.33. The SMILES string of the molecule is NC(=O)NN=Cc1c(I)cccc1C(F)(F)F. The number of carbonyl (C=O) groups excluding carboxylic acids is 1. The Morgan fingerprint density at radius 1 is 1.47 bits per heavy atom. The van der Waals surface area contributed by atoms with Crippen molar-refractivity contribution in [2.75, 3.05) is 0 Å². The Balaban J connectivity index is 3.13. The number of hydrazone groups is 1. The zero-order valence-electron chi connectivity index (χ0n) is 8.25. The number of hydrogen-bond acceptors (Lipinski definition) is 2. The standard InChI is InChI=1S/C9H7F3IN3O/c10-9(11,12)6-2-1-3-7(13)5(6)4-15-16-8(14)17/h1-4H,(H3,14,16,17). The molecule has 0 aromatic heterocycles. The molecule has 92 valence electrons. The molecule has 0 radical (unpaired) electrons. The third-order valence-electron chi connectivity index (χ3n) is 1.73. The molecule has 0 fully saturated rings. The van der Waals surface area contributed by atoms with Crippen molar-refractivity contribution in [1.82, 2.24) is 5.43 Å². The summed E-state index contributed by atoms with van der Waals surface area (Å²) in [6.45, 7) is 0. The Kier molecular flexibility index (Phi) is 4.32. The summed E-state index contributed by atoms with van der Waals surface area (Å²) in [5.74, 6) is 0. The van der Waals surface area contributed by atoms with Gasteiger partial charge in [0.25, 0.3) is 0 Å². The second kappa shape index (κ2) is 5.34. The van der Waals surface area contributed by atoms with Gasteiger partial charge >= 0.3 is 12.2 Å². The zero-order chi connectivity index (χ0) is 13.1. The van der Waals surface area contributed by atoms with Gasteiger partial charge in [-0.05, 0) is 34.7 Å². The average molecular weight is 357 g/mol. The minimum atomic E-state index is -4.48. The largest absolute Gasteiger partial charge is 0.417 e. The molecule has 0 bridgehead atoms. The van der Waals surface area contributed by atoms with Crippen LogP contribution in [0.2, 0.25) is 0 Å². The summed E-state index contributed by atoms with van der Waals surface area (Å²) in [4.78, 5) is 10.3. The number of benzene rings is 1. The molecule has 0 heterocycles. The molecule has 4 nitrogen and oxygen atoms in total. The highest BCUT2D eigenvalue weighted by molar-refractivity contribution is 14.1. The summed E-state index contributed by atoms with van der Waals surface area (Å²) in [6, 6.07) is 2.79. The van der Waals surface area contributed by atoms with Crippen LogP contribution in [-0.4, -0.2) is 12.2 Å². The van der Waals surface area contributed by atoms with E-state index >= 15 is 0 Å². The van der Waals surface area contributed by atoms with E-state index in [1.165, 1.54) is 12.1 Å². The lowest BCUT2D eigenvalue weighted by molar-refractivity contribution is -0.137. The highest BCUT2D eigenvalue weighted by Crippen LogP contribution is 2.32. The Labute approximate surface area is 108 Å². The Morgan fingerprint density at radius 2 is 2.12 bits per heavy atom. The number of amides is 2. The molecule has 1 aromatic rings. The van der Waals surface area contributed by atoms with Crippen LogP contribution < -0.4 is 11.2 Å². The first kappa shape index (κ1) is 13.7. The van der Waals surface area contributed by atoms with Gasteiger partial charge in [0.15, 0.2) is 0 Å². The van der Waals surface area contributed by atoms with Gasteiger partial charge in [0.2, 0.25) is 0 Å². The number of alkyl halides is 3. The molecule has 17 heavy (non-hydrogen) atoms. The van der Waals surface area contributed by atoms with E-state index in [0.717, 1.165) is 12.3 Å². The monoisotopic (exact) mass is 357 g/mol. The van der Waals surface area contributed by atoms with Crippen LogP contribution >= 0.6 is 22.6 Å². The van der Waals surface area contributed by atoms with Crippen LogP contribution in [0.25, 0.3) is 0 Å². The van der Waals surface area contributed by atoms with Gasteiger partial charge in [-0.15, -0.1) is 0 Å². The van der Waals surface area contributed by atoms with Gasteiger partial charge < -0.3 is 5.73 Å². The third kappa shape index (κ3) is 3.88. The van der Waals surface area contributed by atoms with Crippen LogP contribution in [0.1, 0.15) is 11.1 Å². The van der Waals surface area contributed by atoms with Gasteiger partial charge in [-0.25, -0.2) is 10.2 Å². The summed E-state index contributed by atoms with van der Waals surface area (Å²) in [7, 11) is 0. The van der Waals surface area contributed by atoms with E-state index in [2.05, 4.69) is 5.10 Å². The van der Waals surface area contributed by atoms with E-state index < -0.39 is 17.8 Å². The van der Waals surface area contributed by atoms with Crippen molar-refractivity contribution in [3.63, 3.8) is 0 Å². The van der Waals surface area contributed by atoms with Crippen LogP contribution in [0.5, 0.6) is 0 Å². The maximum atomic E-state index is 12.6. The molecule has 0 unspecified atom stereocenters. The molecule has 0 aliphatic heterocycles. The minimum Gasteiger partial charge on any atom is -0.350 e. The van der Waals surface area contributed by atoms with Crippen LogP contribution in [0.3, 0.4) is 0 Å². The lowest BCUT2D eigenvalue weighted by Gasteiger charge is -2.10. The van der Waals surface area contributed by atoms with Gasteiger partial charge in [-0.3, -0.25) is 0 Å². The molecular formula is C9H7F3IN3O. The number of urea groups is 1. The molecule has 0 aliphatic rings. The maximum absolute atomic E-state index is 12.6. The molecular weight excluding hydrogens is 350 g/mol. The van der Waals surface area contributed by atoms with Crippen molar-refractivity contribution in [3.8, 4) is 0 Å².